The smallest absolute Gasteiger partial charge is 0.0990 e. The molecular formula is C22H47NO. The molecule has 0 saturated carbocycles. The Morgan fingerprint density at radius 1 is 0.500 bits per heavy atom. The van der Waals surface area contributed by atoms with Crippen LogP contribution in [0.1, 0.15) is 117 Å². The van der Waals surface area contributed by atoms with E-state index in [-0.39, 0.29) is 0 Å². The van der Waals surface area contributed by atoms with E-state index in [4.69, 9.17) is 4.74 Å². The number of unbranched alkanes of at least 4 members (excludes halogenated alkanes) is 14. The van der Waals surface area contributed by atoms with Gasteiger partial charge < -0.3 is 4.74 Å². The molecule has 0 saturated heterocycles. The summed E-state index contributed by atoms with van der Waals surface area (Å²) in [6.07, 6.45) is 21.3. The van der Waals surface area contributed by atoms with Crippen molar-refractivity contribution in [2.45, 2.75) is 117 Å². The van der Waals surface area contributed by atoms with Crippen LogP contribution >= 0.6 is 0 Å². The zero-order chi connectivity index (χ0) is 17.7. The summed E-state index contributed by atoms with van der Waals surface area (Å²) in [4.78, 5) is 2.32. The Morgan fingerprint density at radius 2 is 0.875 bits per heavy atom. The minimum Gasteiger partial charge on any atom is -0.366 e. The van der Waals surface area contributed by atoms with Crippen LogP contribution in [0.25, 0.3) is 0 Å². The second-order valence-corrected chi connectivity index (χ2v) is 7.29. The molecular weight excluding hydrogens is 294 g/mol. The van der Waals surface area contributed by atoms with Gasteiger partial charge >= 0.3 is 0 Å². The van der Waals surface area contributed by atoms with Crippen molar-refractivity contribution in [3.05, 3.63) is 0 Å². The maximum atomic E-state index is 5.72. The average molecular weight is 342 g/mol. The van der Waals surface area contributed by atoms with Crippen LogP contribution in [0.5, 0.6) is 0 Å². The second kappa shape index (κ2) is 21.0. The first-order chi connectivity index (χ1) is 11.8. The third-order valence-corrected chi connectivity index (χ3v) is 5.06. The highest BCUT2D eigenvalue weighted by atomic mass is 16.5. The predicted molar refractivity (Wildman–Crippen MR) is 109 cm³/mol. The molecule has 0 aliphatic rings. The minimum atomic E-state index is 0.811. The van der Waals surface area contributed by atoms with E-state index in [1.807, 2.05) is 0 Å². The second-order valence-electron chi connectivity index (χ2n) is 7.29. The van der Waals surface area contributed by atoms with Crippen LogP contribution < -0.4 is 0 Å². The van der Waals surface area contributed by atoms with Gasteiger partial charge in [0.1, 0.15) is 0 Å². The molecule has 0 spiro atoms. The van der Waals surface area contributed by atoms with E-state index < -0.39 is 0 Å². The van der Waals surface area contributed by atoms with Crippen molar-refractivity contribution in [1.29, 1.82) is 0 Å². The van der Waals surface area contributed by atoms with Crippen molar-refractivity contribution >= 4 is 0 Å². The standard InChI is InChI=1S/C22H47NO/c1-4-7-8-9-10-11-12-13-14-15-16-17-18-19-20-21-24-22-23(5-2)6-3/h4-22H2,1-3H3. The van der Waals surface area contributed by atoms with Crippen LogP contribution in [0.2, 0.25) is 0 Å². The van der Waals surface area contributed by atoms with Crippen LogP contribution in [0, 0.1) is 0 Å². The van der Waals surface area contributed by atoms with Crippen LogP contribution in [-0.2, 0) is 4.74 Å². The monoisotopic (exact) mass is 341 g/mol. The van der Waals surface area contributed by atoms with Crippen molar-refractivity contribution in [3.8, 4) is 0 Å². The van der Waals surface area contributed by atoms with Gasteiger partial charge in [0.15, 0.2) is 0 Å². The fourth-order valence-electron chi connectivity index (χ4n) is 3.18. The van der Waals surface area contributed by atoms with E-state index >= 15 is 0 Å². The lowest BCUT2D eigenvalue weighted by Crippen LogP contribution is -2.26. The summed E-state index contributed by atoms with van der Waals surface area (Å²) in [5.74, 6) is 0. The Hall–Kier alpha value is -0.0800. The van der Waals surface area contributed by atoms with Gasteiger partial charge in [-0.3, -0.25) is 4.90 Å². The lowest BCUT2D eigenvalue weighted by molar-refractivity contribution is 0.0323. The molecule has 0 rings (SSSR count). The highest BCUT2D eigenvalue weighted by molar-refractivity contribution is 4.50. The van der Waals surface area contributed by atoms with E-state index in [0.717, 1.165) is 26.4 Å². The molecule has 0 unspecified atom stereocenters. The molecule has 0 bridgehead atoms. The Labute approximate surface area is 153 Å². The first-order valence-electron chi connectivity index (χ1n) is 11.1. The van der Waals surface area contributed by atoms with E-state index in [9.17, 15) is 0 Å². The SMILES string of the molecule is CCCCCCCCCCCCCCCCCOCN(CC)CC. The van der Waals surface area contributed by atoms with Crippen LogP contribution in [-0.4, -0.2) is 31.3 Å². The first-order valence-corrected chi connectivity index (χ1v) is 11.1. The number of hydrogen-bond acceptors (Lipinski definition) is 2. The average Bonchev–Trinajstić information content (AvgIpc) is 2.61. The van der Waals surface area contributed by atoms with Crippen LogP contribution in [0.4, 0.5) is 0 Å². The summed E-state index contributed by atoms with van der Waals surface area (Å²) in [6, 6.07) is 0. The van der Waals surface area contributed by atoms with Crippen LogP contribution in [0.15, 0.2) is 0 Å². The van der Waals surface area contributed by atoms with Crippen molar-refractivity contribution in [1.82, 2.24) is 4.90 Å². The van der Waals surface area contributed by atoms with E-state index in [1.54, 1.807) is 0 Å². The van der Waals surface area contributed by atoms with Gasteiger partial charge in [-0.1, -0.05) is 111 Å². The van der Waals surface area contributed by atoms with Crippen molar-refractivity contribution in [2.75, 3.05) is 26.4 Å². The quantitative estimate of drug-likeness (QED) is 0.172. The van der Waals surface area contributed by atoms with Gasteiger partial charge in [-0.15, -0.1) is 0 Å². The first kappa shape index (κ1) is 23.9. The highest BCUT2D eigenvalue weighted by Gasteiger charge is 1.98. The lowest BCUT2D eigenvalue weighted by atomic mass is 10.0. The van der Waals surface area contributed by atoms with Crippen LogP contribution in [0.3, 0.4) is 0 Å². The molecule has 2 heteroatoms. The van der Waals surface area contributed by atoms with E-state index in [0.29, 0.717) is 0 Å². The summed E-state index contributed by atoms with van der Waals surface area (Å²) in [5.41, 5.74) is 0. The topological polar surface area (TPSA) is 12.5 Å². The number of rotatable bonds is 20. The van der Waals surface area contributed by atoms with Crippen molar-refractivity contribution in [2.24, 2.45) is 0 Å². The Kier molecular flexibility index (Phi) is 20.9. The molecule has 0 heterocycles. The number of nitrogens with zero attached hydrogens (tertiary/aromatic N) is 1. The molecule has 0 fully saturated rings. The minimum absolute atomic E-state index is 0.811. The number of hydrogen-bond donors (Lipinski definition) is 0. The van der Waals surface area contributed by atoms with Gasteiger partial charge in [0, 0.05) is 6.61 Å². The molecule has 0 aromatic heterocycles. The zero-order valence-electron chi connectivity index (χ0n) is 17.3. The van der Waals surface area contributed by atoms with Gasteiger partial charge in [0.05, 0.1) is 6.73 Å². The van der Waals surface area contributed by atoms with E-state index in [2.05, 4.69) is 25.7 Å². The molecule has 24 heavy (non-hydrogen) atoms. The zero-order valence-corrected chi connectivity index (χ0v) is 17.3. The Morgan fingerprint density at radius 3 is 1.25 bits per heavy atom. The Bertz CT molecular complexity index is 216. The molecule has 0 aliphatic carbocycles. The fourth-order valence-corrected chi connectivity index (χ4v) is 3.18. The Balaban J connectivity index is 3.03. The van der Waals surface area contributed by atoms with Crippen molar-refractivity contribution in [3.63, 3.8) is 0 Å². The normalized spacial score (nSPS) is 11.5. The summed E-state index contributed by atoms with van der Waals surface area (Å²) in [7, 11) is 0. The molecule has 0 aromatic carbocycles. The van der Waals surface area contributed by atoms with Gasteiger partial charge in [0.2, 0.25) is 0 Å². The van der Waals surface area contributed by atoms with E-state index in [1.165, 1.54) is 96.3 Å². The highest BCUT2D eigenvalue weighted by Crippen LogP contribution is 2.13. The lowest BCUT2D eigenvalue weighted by Gasteiger charge is -2.17. The van der Waals surface area contributed by atoms with Gasteiger partial charge in [-0.05, 0) is 19.5 Å². The summed E-state index contributed by atoms with van der Waals surface area (Å²) >= 11 is 0. The fraction of sp³-hybridized carbons (Fsp3) is 1.00. The molecule has 0 aromatic rings. The summed E-state index contributed by atoms with van der Waals surface area (Å²) in [6.45, 7) is 10.6. The predicted octanol–water partition coefficient (Wildman–Crippen LogP) is 7.17. The molecule has 0 radical (unpaired) electrons. The van der Waals surface area contributed by atoms with Gasteiger partial charge in [-0.25, -0.2) is 0 Å². The molecule has 0 aliphatic heterocycles. The summed E-state index contributed by atoms with van der Waals surface area (Å²) < 4.78 is 5.72. The number of ether oxygens (including phenoxy) is 1. The maximum Gasteiger partial charge on any atom is 0.0990 e. The van der Waals surface area contributed by atoms with Gasteiger partial charge in [-0.2, -0.15) is 0 Å². The molecule has 2 nitrogen and oxygen atoms in total. The van der Waals surface area contributed by atoms with Gasteiger partial charge in [0.25, 0.3) is 0 Å². The molecule has 146 valence electrons. The third kappa shape index (κ3) is 18.3. The molecule has 0 amide bonds. The van der Waals surface area contributed by atoms with Crippen molar-refractivity contribution < 1.29 is 4.74 Å². The molecule has 0 N–H and O–H groups in total. The third-order valence-electron chi connectivity index (χ3n) is 5.06. The summed E-state index contributed by atoms with van der Waals surface area (Å²) in [5, 5.41) is 0. The molecule has 0 atom stereocenters. The maximum absolute atomic E-state index is 5.72. The largest absolute Gasteiger partial charge is 0.366 e.